The lowest BCUT2D eigenvalue weighted by Gasteiger charge is -2.21. The minimum atomic E-state index is -4.71. The maximum atomic E-state index is 13.1. The number of benzene rings is 1. The molecule has 0 radical (unpaired) electrons. The van der Waals surface area contributed by atoms with Crippen LogP contribution in [-0.4, -0.2) is 28.9 Å². The molecule has 1 aromatic carbocycles. The number of rotatable bonds is 6. The van der Waals surface area contributed by atoms with Crippen molar-refractivity contribution in [3.05, 3.63) is 52.7 Å². The lowest BCUT2D eigenvalue weighted by molar-refractivity contribution is -0.159. The molecule has 0 atom stereocenters. The average Bonchev–Trinajstić information content (AvgIpc) is 3.16. The third kappa shape index (κ3) is 4.21. The van der Waals surface area contributed by atoms with Crippen LogP contribution < -0.4 is 0 Å². The minimum Gasteiger partial charge on any atom is -0.329 e. The van der Waals surface area contributed by atoms with Crippen LogP contribution in [0.1, 0.15) is 29.2 Å². The highest BCUT2D eigenvalue weighted by molar-refractivity contribution is 7.89. The van der Waals surface area contributed by atoms with E-state index in [0.29, 0.717) is 9.75 Å². The van der Waals surface area contributed by atoms with Crippen molar-refractivity contribution in [2.75, 3.05) is 0 Å². The lowest BCUT2D eigenvalue weighted by Crippen LogP contribution is -2.32. The summed E-state index contributed by atoms with van der Waals surface area (Å²) in [5.74, 6) is -1.59. The number of hydrogen-bond donors (Lipinski definition) is 0. The molecular formula is C18H16F3N3O3S2. The van der Waals surface area contributed by atoms with Gasteiger partial charge in [0.2, 0.25) is 15.8 Å². The van der Waals surface area contributed by atoms with E-state index in [1.165, 1.54) is 4.31 Å². The summed E-state index contributed by atoms with van der Waals surface area (Å²) in [5.41, 5.74) is 0.961. The SMILES string of the molecule is Cc1ccc(S(=O)(=O)N(Cc2ccc(-c3noc(C(F)(F)F)n3)s2)C2CC2)cc1. The molecular weight excluding hydrogens is 427 g/mol. The minimum absolute atomic E-state index is 0.0751. The van der Waals surface area contributed by atoms with E-state index < -0.39 is 22.1 Å². The van der Waals surface area contributed by atoms with Gasteiger partial charge in [0.1, 0.15) is 0 Å². The number of hydrogen-bond acceptors (Lipinski definition) is 6. The first kappa shape index (κ1) is 20.0. The monoisotopic (exact) mass is 443 g/mol. The third-order valence-corrected chi connectivity index (χ3v) is 7.42. The fourth-order valence-electron chi connectivity index (χ4n) is 2.79. The highest BCUT2D eigenvalue weighted by Crippen LogP contribution is 2.36. The molecule has 0 unspecified atom stereocenters. The largest absolute Gasteiger partial charge is 0.471 e. The molecule has 1 aliphatic rings. The van der Waals surface area contributed by atoms with Gasteiger partial charge in [-0.3, -0.25) is 0 Å². The second-order valence-corrected chi connectivity index (χ2v) is 9.84. The maximum absolute atomic E-state index is 13.1. The molecule has 2 aromatic heterocycles. The van der Waals surface area contributed by atoms with Crippen LogP contribution in [0.4, 0.5) is 13.2 Å². The highest BCUT2D eigenvalue weighted by atomic mass is 32.2. The van der Waals surface area contributed by atoms with E-state index in [9.17, 15) is 21.6 Å². The first-order valence-electron chi connectivity index (χ1n) is 8.73. The fraction of sp³-hybridized carbons (Fsp3) is 0.333. The van der Waals surface area contributed by atoms with Crippen molar-refractivity contribution in [2.24, 2.45) is 0 Å². The van der Waals surface area contributed by atoms with Crippen molar-refractivity contribution < 1.29 is 26.1 Å². The predicted molar refractivity (Wildman–Crippen MR) is 99.5 cm³/mol. The number of thiophene rings is 1. The van der Waals surface area contributed by atoms with Crippen molar-refractivity contribution >= 4 is 21.4 Å². The molecule has 154 valence electrons. The van der Waals surface area contributed by atoms with E-state index in [-0.39, 0.29) is 23.3 Å². The average molecular weight is 443 g/mol. The van der Waals surface area contributed by atoms with Crippen molar-refractivity contribution in [3.8, 4) is 10.7 Å². The highest BCUT2D eigenvalue weighted by Gasteiger charge is 2.39. The zero-order chi connectivity index (χ0) is 20.8. The zero-order valence-electron chi connectivity index (χ0n) is 15.2. The Balaban J connectivity index is 1.57. The zero-order valence-corrected chi connectivity index (χ0v) is 16.8. The van der Waals surface area contributed by atoms with E-state index >= 15 is 0 Å². The van der Waals surface area contributed by atoms with Crippen LogP contribution in [0.2, 0.25) is 0 Å². The van der Waals surface area contributed by atoms with E-state index in [2.05, 4.69) is 14.7 Å². The summed E-state index contributed by atoms with van der Waals surface area (Å²) in [7, 11) is -3.68. The van der Waals surface area contributed by atoms with Crippen molar-refractivity contribution in [2.45, 2.75) is 43.4 Å². The summed E-state index contributed by atoms with van der Waals surface area (Å²) >= 11 is 1.14. The molecule has 4 rings (SSSR count). The second-order valence-electron chi connectivity index (χ2n) is 6.78. The van der Waals surface area contributed by atoms with Gasteiger partial charge >= 0.3 is 12.1 Å². The molecule has 3 aromatic rings. The molecule has 0 saturated heterocycles. The molecule has 11 heteroatoms. The van der Waals surface area contributed by atoms with Crippen LogP contribution in [0.3, 0.4) is 0 Å². The molecule has 2 heterocycles. The molecule has 0 spiro atoms. The van der Waals surface area contributed by atoms with Gasteiger partial charge in [-0.2, -0.15) is 22.5 Å². The van der Waals surface area contributed by atoms with Gasteiger partial charge in [-0.15, -0.1) is 11.3 Å². The molecule has 0 aliphatic heterocycles. The van der Waals surface area contributed by atoms with Crippen LogP contribution in [-0.2, 0) is 22.7 Å². The number of aromatic nitrogens is 2. The van der Waals surface area contributed by atoms with Gasteiger partial charge in [0.05, 0.1) is 9.77 Å². The van der Waals surface area contributed by atoms with Crippen molar-refractivity contribution in [1.82, 2.24) is 14.4 Å². The van der Waals surface area contributed by atoms with Crippen molar-refractivity contribution in [1.29, 1.82) is 0 Å². The Bertz CT molecular complexity index is 1120. The Morgan fingerprint density at radius 1 is 1.17 bits per heavy atom. The topological polar surface area (TPSA) is 76.3 Å². The maximum Gasteiger partial charge on any atom is 0.471 e. The van der Waals surface area contributed by atoms with Crippen LogP contribution in [0.15, 0.2) is 45.8 Å². The number of sulfonamides is 1. The van der Waals surface area contributed by atoms with E-state index in [1.54, 1.807) is 36.4 Å². The van der Waals surface area contributed by atoms with E-state index in [4.69, 9.17) is 0 Å². The Labute approximate surface area is 169 Å². The van der Waals surface area contributed by atoms with Crippen LogP contribution >= 0.6 is 11.3 Å². The van der Waals surface area contributed by atoms with Gasteiger partial charge in [0.15, 0.2) is 0 Å². The molecule has 1 aliphatic carbocycles. The number of aryl methyl sites for hydroxylation is 1. The summed E-state index contributed by atoms with van der Waals surface area (Å²) in [5, 5.41) is 3.37. The Morgan fingerprint density at radius 2 is 1.86 bits per heavy atom. The molecule has 6 nitrogen and oxygen atoms in total. The lowest BCUT2D eigenvalue weighted by atomic mass is 10.2. The van der Waals surface area contributed by atoms with Gasteiger partial charge in [0, 0.05) is 17.5 Å². The summed E-state index contributed by atoms with van der Waals surface area (Å²) in [6.07, 6.45) is -3.15. The normalized spacial score (nSPS) is 15.2. The molecule has 0 N–H and O–H groups in total. The first-order chi connectivity index (χ1) is 13.6. The predicted octanol–water partition coefficient (Wildman–Crippen LogP) is 4.48. The van der Waals surface area contributed by atoms with Gasteiger partial charge in [-0.05, 0) is 44.0 Å². The van der Waals surface area contributed by atoms with Crippen LogP contribution in [0.5, 0.6) is 0 Å². The summed E-state index contributed by atoms with van der Waals surface area (Å²) < 4.78 is 69.8. The Kier molecular flexibility index (Phi) is 4.99. The molecule has 1 fully saturated rings. The number of halogens is 3. The quantitative estimate of drug-likeness (QED) is 0.562. The summed E-state index contributed by atoms with van der Waals surface area (Å²) in [4.78, 5) is 4.65. The third-order valence-electron chi connectivity index (χ3n) is 4.44. The van der Waals surface area contributed by atoms with Gasteiger partial charge < -0.3 is 4.52 Å². The first-order valence-corrected chi connectivity index (χ1v) is 11.0. The summed E-state index contributed by atoms with van der Waals surface area (Å²) in [6.45, 7) is 2.01. The van der Waals surface area contributed by atoms with E-state index in [1.807, 2.05) is 6.92 Å². The van der Waals surface area contributed by atoms with E-state index in [0.717, 1.165) is 29.7 Å². The number of alkyl halides is 3. The number of nitrogens with zero attached hydrogens (tertiary/aromatic N) is 3. The van der Waals surface area contributed by atoms with Gasteiger partial charge in [-0.25, -0.2) is 8.42 Å². The summed E-state index contributed by atoms with van der Waals surface area (Å²) in [6, 6.07) is 9.81. The molecule has 0 bridgehead atoms. The second kappa shape index (κ2) is 7.22. The fourth-order valence-corrected chi connectivity index (χ4v) is 5.47. The Morgan fingerprint density at radius 3 is 2.45 bits per heavy atom. The van der Waals surface area contributed by atoms with Crippen molar-refractivity contribution in [3.63, 3.8) is 0 Å². The molecule has 0 amide bonds. The molecule has 29 heavy (non-hydrogen) atoms. The van der Waals surface area contributed by atoms with Crippen LogP contribution in [0, 0.1) is 6.92 Å². The van der Waals surface area contributed by atoms with Crippen LogP contribution in [0.25, 0.3) is 10.7 Å². The van der Waals surface area contributed by atoms with Gasteiger partial charge in [0.25, 0.3) is 0 Å². The van der Waals surface area contributed by atoms with Gasteiger partial charge in [-0.1, -0.05) is 22.9 Å². The standard InChI is InChI=1S/C18H16F3N3O3S2/c1-11-2-7-14(8-3-11)29(25,26)24(12-4-5-12)10-13-6-9-15(28-13)16-22-17(27-23-16)18(19,20)21/h2-3,6-9,12H,4-5,10H2,1H3. The molecule has 1 saturated carbocycles. The Hall–Kier alpha value is -2.24. The smallest absolute Gasteiger partial charge is 0.329 e.